The molecule has 2 rings (SSSR count). The molecule has 3 atom stereocenters. The molecule has 0 aromatic heterocycles. The summed E-state index contributed by atoms with van der Waals surface area (Å²) >= 11 is 0. The Kier molecular flexibility index (Phi) is 2.46. The van der Waals surface area contributed by atoms with Crippen molar-refractivity contribution in [2.45, 2.75) is 39.1 Å². The largest absolute Gasteiger partial charge is 0.433 e. The van der Waals surface area contributed by atoms with Gasteiger partial charge in [0.1, 0.15) is 0 Å². The van der Waals surface area contributed by atoms with Gasteiger partial charge < -0.3 is 9.47 Å². The van der Waals surface area contributed by atoms with Gasteiger partial charge in [0.15, 0.2) is 5.60 Å². The Morgan fingerprint density at radius 1 is 1.56 bits per heavy atom. The molecule has 0 radical (unpaired) electrons. The highest BCUT2D eigenvalue weighted by Crippen LogP contribution is 2.44. The van der Waals surface area contributed by atoms with Crippen LogP contribution in [0, 0.1) is 11.3 Å². The average Bonchev–Trinajstić information content (AvgIpc) is 2.73. The van der Waals surface area contributed by atoms with Crippen molar-refractivity contribution in [2.24, 2.45) is 11.3 Å². The van der Waals surface area contributed by atoms with E-state index in [1.54, 1.807) is 6.08 Å². The zero-order valence-corrected chi connectivity index (χ0v) is 10.0. The molecule has 2 aliphatic rings. The second-order valence-electron chi connectivity index (χ2n) is 5.50. The molecule has 1 aliphatic carbocycles. The zero-order chi connectivity index (χ0) is 12.0. The van der Waals surface area contributed by atoms with Crippen LogP contribution in [0.3, 0.4) is 0 Å². The average molecular weight is 222 g/mol. The lowest BCUT2D eigenvalue weighted by Crippen LogP contribution is -2.40. The fourth-order valence-corrected chi connectivity index (χ4v) is 2.11. The number of hydrogen-bond acceptors (Lipinski definition) is 3. The molecule has 0 aromatic carbocycles. The van der Waals surface area contributed by atoms with Crippen LogP contribution in [0.2, 0.25) is 0 Å². The van der Waals surface area contributed by atoms with Crippen LogP contribution in [0.1, 0.15) is 27.2 Å². The van der Waals surface area contributed by atoms with E-state index in [1.807, 2.05) is 32.9 Å². The van der Waals surface area contributed by atoms with Gasteiger partial charge in [-0.05, 0) is 0 Å². The van der Waals surface area contributed by atoms with Crippen molar-refractivity contribution in [3.63, 3.8) is 0 Å². The first-order valence-corrected chi connectivity index (χ1v) is 5.58. The van der Waals surface area contributed by atoms with E-state index in [0.29, 0.717) is 6.42 Å². The second-order valence-corrected chi connectivity index (χ2v) is 5.50. The molecular weight excluding hydrogens is 204 g/mol. The fourth-order valence-electron chi connectivity index (χ4n) is 2.11. The minimum atomic E-state index is -0.848. The molecule has 1 spiro atoms. The summed E-state index contributed by atoms with van der Waals surface area (Å²) < 4.78 is 11.2. The monoisotopic (exact) mass is 222 g/mol. The van der Waals surface area contributed by atoms with Gasteiger partial charge in [-0.2, -0.15) is 0 Å². The maximum absolute atomic E-state index is 12.0. The summed E-state index contributed by atoms with van der Waals surface area (Å²) in [6.45, 7) is 9.73. The van der Waals surface area contributed by atoms with Gasteiger partial charge in [0.2, 0.25) is 6.29 Å². The first-order chi connectivity index (χ1) is 7.40. The van der Waals surface area contributed by atoms with E-state index in [0.717, 1.165) is 0 Å². The summed E-state index contributed by atoms with van der Waals surface area (Å²) in [7, 11) is 0. The first kappa shape index (κ1) is 11.4. The van der Waals surface area contributed by atoms with Crippen LogP contribution in [0.4, 0.5) is 0 Å². The van der Waals surface area contributed by atoms with E-state index in [9.17, 15) is 4.79 Å². The summed E-state index contributed by atoms with van der Waals surface area (Å²) in [4.78, 5) is 12.0. The summed E-state index contributed by atoms with van der Waals surface area (Å²) in [6.07, 6.45) is 5.77. The van der Waals surface area contributed by atoms with Crippen LogP contribution >= 0.6 is 0 Å². The Morgan fingerprint density at radius 3 is 2.75 bits per heavy atom. The van der Waals surface area contributed by atoms with E-state index >= 15 is 0 Å². The van der Waals surface area contributed by atoms with Gasteiger partial charge in [0, 0.05) is 17.8 Å². The molecule has 0 aromatic rings. The summed E-state index contributed by atoms with van der Waals surface area (Å²) in [5.41, 5.74) is -1.05. The van der Waals surface area contributed by atoms with E-state index < -0.39 is 11.9 Å². The minimum absolute atomic E-state index is 0.0765. The molecule has 0 bridgehead atoms. The molecule has 0 amide bonds. The van der Waals surface area contributed by atoms with Gasteiger partial charge in [-0.25, -0.2) is 4.79 Å². The zero-order valence-electron chi connectivity index (χ0n) is 10.0. The Labute approximate surface area is 96.1 Å². The van der Waals surface area contributed by atoms with Crippen molar-refractivity contribution in [3.05, 3.63) is 24.8 Å². The Balaban J connectivity index is 2.26. The van der Waals surface area contributed by atoms with Crippen LogP contribution in [0.25, 0.3) is 0 Å². The van der Waals surface area contributed by atoms with Gasteiger partial charge in [-0.15, -0.1) is 6.58 Å². The molecule has 1 fully saturated rings. The minimum Gasteiger partial charge on any atom is -0.433 e. The summed E-state index contributed by atoms with van der Waals surface area (Å²) in [5.74, 6) is -0.338. The lowest BCUT2D eigenvalue weighted by atomic mass is 9.90. The van der Waals surface area contributed by atoms with Crippen molar-refractivity contribution < 1.29 is 14.3 Å². The van der Waals surface area contributed by atoms with Crippen LogP contribution in [-0.4, -0.2) is 17.9 Å². The van der Waals surface area contributed by atoms with Crippen LogP contribution in [0.5, 0.6) is 0 Å². The molecule has 3 heteroatoms. The van der Waals surface area contributed by atoms with E-state index in [4.69, 9.17) is 9.47 Å². The molecule has 16 heavy (non-hydrogen) atoms. The highest BCUT2D eigenvalue weighted by Gasteiger charge is 2.57. The van der Waals surface area contributed by atoms with Gasteiger partial charge in [0.05, 0.1) is 0 Å². The quantitative estimate of drug-likeness (QED) is 0.505. The third-order valence-electron chi connectivity index (χ3n) is 3.14. The van der Waals surface area contributed by atoms with Crippen molar-refractivity contribution in [1.29, 1.82) is 0 Å². The molecule has 1 heterocycles. The van der Waals surface area contributed by atoms with Crippen molar-refractivity contribution in [1.82, 2.24) is 0 Å². The second kappa shape index (κ2) is 3.45. The lowest BCUT2D eigenvalue weighted by Gasteiger charge is -2.28. The fraction of sp³-hybridized carbons (Fsp3) is 0.615. The number of ether oxygens (including phenoxy) is 2. The molecule has 3 nitrogen and oxygen atoms in total. The standard InChI is InChI=1S/C13H18O3/c1-5-9-7-6-8-13(9)10(14)15-11(16-13)12(2,3)4/h5-7,9,11H,1,8H2,2-4H3/t9?,11-,13+/m1/s1. The van der Waals surface area contributed by atoms with Crippen LogP contribution < -0.4 is 0 Å². The van der Waals surface area contributed by atoms with E-state index in [2.05, 4.69) is 6.58 Å². The summed E-state index contributed by atoms with van der Waals surface area (Å²) in [5, 5.41) is 0. The predicted octanol–water partition coefficient (Wildman–Crippen LogP) is 2.43. The smallest absolute Gasteiger partial charge is 0.342 e. The number of carbonyl (C=O) groups excluding carboxylic acids is 1. The van der Waals surface area contributed by atoms with Crippen LogP contribution in [-0.2, 0) is 14.3 Å². The first-order valence-electron chi connectivity index (χ1n) is 5.58. The number of esters is 1. The summed E-state index contributed by atoms with van der Waals surface area (Å²) in [6, 6.07) is 0. The third kappa shape index (κ3) is 1.50. The number of carbonyl (C=O) groups is 1. The van der Waals surface area contributed by atoms with Crippen molar-refractivity contribution in [3.8, 4) is 0 Å². The highest BCUT2D eigenvalue weighted by molar-refractivity contribution is 5.83. The maximum atomic E-state index is 12.0. The SMILES string of the molecule is C=CC1C=CC[C@]12O[C@H](C(C)(C)C)OC2=O. The molecule has 1 aliphatic heterocycles. The maximum Gasteiger partial charge on any atom is 0.342 e. The molecular formula is C13H18O3. The van der Waals surface area contributed by atoms with Gasteiger partial charge >= 0.3 is 5.97 Å². The number of cyclic esters (lactones) is 1. The van der Waals surface area contributed by atoms with Crippen molar-refractivity contribution >= 4 is 5.97 Å². The molecule has 0 N–H and O–H groups in total. The van der Waals surface area contributed by atoms with Gasteiger partial charge in [-0.1, -0.05) is 39.0 Å². The Bertz CT molecular complexity index is 351. The van der Waals surface area contributed by atoms with E-state index in [-0.39, 0.29) is 17.3 Å². The Hall–Kier alpha value is -1.09. The third-order valence-corrected chi connectivity index (χ3v) is 3.14. The molecule has 0 saturated carbocycles. The lowest BCUT2D eigenvalue weighted by molar-refractivity contribution is -0.156. The van der Waals surface area contributed by atoms with Crippen LogP contribution in [0.15, 0.2) is 24.8 Å². The molecule has 1 unspecified atom stereocenters. The molecule has 1 saturated heterocycles. The Morgan fingerprint density at radius 2 is 2.25 bits per heavy atom. The van der Waals surface area contributed by atoms with Crippen molar-refractivity contribution in [2.75, 3.05) is 0 Å². The highest BCUT2D eigenvalue weighted by atomic mass is 16.8. The van der Waals surface area contributed by atoms with Gasteiger partial charge in [0.25, 0.3) is 0 Å². The molecule has 88 valence electrons. The van der Waals surface area contributed by atoms with E-state index in [1.165, 1.54) is 0 Å². The number of rotatable bonds is 1. The predicted molar refractivity (Wildman–Crippen MR) is 60.6 cm³/mol. The topological polar surface area (TPSA) is 35.5 Å². The number of hydrogen-bond donors (Lipinski definition) is 0. The van der Waals surface area contributed by atoms with Gasteiger partial charge in [-0.3, -0.25) is 0 Å². The normalized spacial score (nSPS) is 38.1.